The molecule has 0 aliphatic heterocycles. The number of fused-ring (bicyclic) bond motifs is 1. The highest BCUT2D eigenvalue weighted by Crippen LogP contribution is 2.18. The highest BCUT2D eigenvalue weighted by atomic mass is 16.5. The molecule has 0 bridgehead atoms. The molecule has 0 atom stereocenters. The van der Waals surface area contributed by atoms with Crippen LogP contribution in [0, 0.1) is 0 Å². The fraction of sp³-hybridized carbons (Fsp3) is 0.308. The second-order valence-corrected chi connectivity index (χ2v) is 4.19. The number of rotatable bonds is 3. The van der Waals surface area contributed by atoms with Crippen LogP contribution in [0.25, 0.3) is 11.0 Å². The molecular formula is C13H15NO3. The standard InChI is InChI=1S/C13H15NO3/c1-14(2)7-9-8-17-12-5-4-10(16-3)6-11(12)13(9)15/h4-6,8H,7H2,1-3H3. The van der Waals surface area contributed by atoms with Crippen LogP contribution in [0.5, 0.6) is 5.75 Å². The first kappa shape index (κ1) is 11.7. The van der Waals surface area contributed by atoms with Gasteiger partial charge in [-0.05, 0) is 32.3 Å². The summed E-state index contributed by atoms with van der Waals surface area (Å²) >= 11 is 0. The number of hydrogen-bond acceptors (Lipinski definition) is 4. The fourth-order valence-corrected chi connectivity index (χ4v) is 1.73. The number of methoxy groups -OCH3 is 1. The van der Waals surface area contributed by atoms with Gasteiger partial charge in [-0.3, -0.25) is 4.79 Å². The molecule has 0 N–H and O–H groups in total. The Hall–Kier alpha value is -1.81. The van der Waals surface area contributed by atoms with Gasteiger partial charge in [0.25, 0.3) is 0 Å². The van der Waals surface area contributed by atoms with Crippen LogP contribution in [0.15, 0.2) is 33.7 Å². The Morgan fingerprint density at radius 2 is 2.12 bits per heavy atom. The van der Waals surface area contributed by atoms with Crippen molar-refractivity contribution in [3.63, 3.8) is 0 Å². The first-order chi connectivity index (χ1) is 8.11. The van der Waals surface area contributed by atoms with Crippen LogP contribution < -0.4 is 10.2 Å². The predicted octanol–water partition coefficient (Wildman–Crippen LogP) is 1.86. The van der Waals surface area contributed by atoms with E-state index in [1.165, 1.54) is 6.26 Å². The summed E-state index contributed by atoms with van der Waals surface area (Å²) in [6, 6.07) is 5.23. The molecule has 0 radical (unpaired) electrons. The van der Waals surface area contributed by atoms with E-state index in [-0.39, 0.29) is 5.43 Å². The maximum Gasteiger partial charge on any atom is 0.197 e. The molecule has 2 aromatic rings. The van der Waals surface area contributed by atoms with E-state index in [0.29, 0.717) is 28.8 Å². The smallest absolute Gasteiger partial charge is 0.197 e. The molecule has 1 aromatic heterocycles. The van der Waals surface area contributed by atoms with Gasteiger partial charge in [0, 0.05) is 12.1 Å². The lowest BCUT2D eigenvalue weighted by Gasteiger charge is -2.09. The Bertz CT molecular complexity index is 587. The van der Waals surface area contributed by atoms with Crippen LogP contribution in [-0.2, 0) is 6.54 Å². The lowest BCUT2D eigenvalue weighted by atomic mass is 10.1. The van der Waals surface area contributed by atoms with Crippen molar-refractivity contribution in [3.05, 3.63) is 40.2 Å². The molecule has 1 heterocycles. The zero-order chi connectivity index (χ0) is 12.4. The molecule has 4 nitrogen and oxygen atoms in total. The average molecular weight is 233 g/mol. The number of hydrogen-bond donors (Lipinski definition) is 0. The second kappa shape index (κ2) is 4.59. The maximum absolute atomic E-state index is 12.2. The van der Waals surface area contributed by atoms with E-state index in [1.54, 1.807) is 25.3 Å². The van der Waals surface area contributed by atoms with Crippen molar-refractivity contribution in [2.75, 3.05) is 21.2 Å². The van der Waals surface area contributed by atoms with E-state index < -0.39 is 0 Å². The molecule has 0 amide bonds. The zero-order valence-electron chi connectivity index (χ0n) is 10.2. The Kier molecular flexibility index (Phi) is 3.15. The molecular weight excluding hydrogens is 218 g/mol. The molecule has 4 heteroatoms. The molecule has 0 aliphatic rings. The first-order valence-electron chi connectivity index (χ1n) is 5.35. The van der Waals surface area contributed by atoms with Crippen molar-refractivity contribution in [1.29, 1.82) is 0 Å². The summed E-state index contributed by atoms with van der Waals surface area (Å²) in [5.41, 5.74) is 1.23. The second-order valence-electron chi connectivity index (χ2n) is 4.19. The topological polar surface area (TPSA) is 42.7 Å². The monoisotopic (exact) mass is 233 g/mol. The Morgan fingerprint density at radius 1 is 1.35 bits per heavy atom. The Balaban J connectivity index is 2.60. The van der Waals surface area contributed by atoms with E-state index in [0.717, 1.165) is 0 Å². The molecule has 2 rings (SSSR count). The minimum Gasteiger partial charge on any atom is -0.497 e. The summed E-state index contributed by atoms with van der Waals surface area (Å²) in [6.45, 7) is 0.565. The third-order valence-electron chi connectivity index (χ3n) is 2.54. The van der Waals surface area contributed by atoms with Gasteiger partial charge in [0.2, 0.25) is 0 Å². The fourth-order valence-electron chi connectivity index (χ4n) is 1.73. The molecule has 0 unspecified atom stereocenters. The van der Waals surface area contributed by atoms with E-state index in [9.17, 15) is 4.79 Å². The summed E-state index contributed by atoms with van der Waals surface area (Å²) in [7, 11) is 5.40. The van der Waals surface area contributed by atoms with Crippen molar-refractivity contribution < 1.29 is 9.15 Å². The maximum atomic E-state index is 12.2. The molecule has 1 aromatic carbocycles. The van der Waals surface area contributed by atoms with Gasteiger partial charge in [0.05, 0.1) is 18.8 Å². The van der Waals surface area contributed by atoms with Crippen molar-refractivity contribution in [2.45, 2.75) is 6.54 Å². The zero-order valence-corrected chi connectivity index (χ0v) is 10.2. The highest BCUT2D eigenvalue weighted by molar-refractivity contribution is 5.78. The van der Waals surface area contributed by atoms with Gasteiger partial charge in [-0.2, -0.15) is 0 Å². The molecule has 0 saturated carbocycles. The normalized spacial score (nSPS) is 11.1. The first-order valence-corrected chi connectivity index (χ1v) is 5.35. The number of ether oxygens (including phenoxy) is 1. The molecule has 0 aliphatic carbocycles. The average Bonchev–Trinajstić information content (AvgIpc) is 2.32. The van der Waals surface area contributed by atoms with Gasteiger partial charge < -0.3 is 14.1 Å². The summed E-state index contributed by atoms with van der Waals surface area (Å²) in [5.74, 6) is 0.659. The molecule has 0 saturated heterocycles. The van der Waals surface area contributed by atoms with Crippen LogP contribution >= 0.6 is 0 Å². The quantitative estimate of drug-likeness (QED) is 0.811. The lowest BCUT2D eigenvalue weighted by Crippen LogP contribution is -2.18. The van der Waals surface area contributed by atoms with Crippen molar-refractivity contribution in [2.24, 2.45) is 0 Å². The predicted molar refractivity (Wildman–Crippen MR) is 66.4 cm³/mol. The lowest BCUT2D eigenvalue weighted by molar-refractivity contribution is 0.395. The van der Waals surface area contributed by atoms with Crippen LogP contribution in [0.2, 0.25) is 0 Å². The van der Waals surface area contributed by atoms with Crippen molar-refractivity contribution >= 4 is 11.0 Å². The summed E-state index contributed by atoms with van der Waals surface area (Å²) in [5, 5.41) is 0.559. The summed E-state index contributed by atoms with van der Waals surface area (Å²) < 4.78 is 10.5. The summed E-state index contributed by atoms with van der Waals surface area (Å²) in [6.07, 6.45) is 1.52. The minimum absolute atomic E-state index is 0.00106. The van der Waals surface area contributed by atoms with E-state index in [4.69, 9.17) is 9.15 Å². The Labute approximate surface area is 99.4 Å². The third-order valence-corrected chi connectivity index (χ3v) is 2.54. The third kappa shape index (κ3) is 2.31. The largest absolute Gasteiger partial charge is 0.497 e. The van der Waals surface area contributed by atoms with E-state index in [2.05, 4.69) is 0 Å². The van der Waals surface area contributed by atoms with Gasteiger partial charge >= 0.3 is 0 Å². The van der Waals surface area contributed by atoms with E-state index >= 15 is 0 Å². The van der Waals surface area contributed by atoms with Gasteiger partial charge in [-0.25, -0.2) is 0 Å². The van der Waals surface area contributed by atoms with Crippen molar-refractivity contribution in [1.82, 2.24) is 4.90 Å². The van der Waals surface area contributed by atoms with Crippen molar-refractivity contribution in [3.8, 4) is 5.75 Å². The highest BCUT2D eigenvalue weighted by Gasteiger charge is 2.08. The molecule has 0 fully saturated rings. The van der Waals surface area contributed by atoms with E-state index in [1.807, 2.05) is 19.0 Å². The molecule has 90 valence electrons. The Morgan fingerprint density at radius 3 is 2.76 bits per heavy atom. The van der Waals surface area contributed by atoms with Crippen LogP contribution in [0.3, 0.4) is 0 Å². The number of nitrogens with zero attached hydrogens (tertiary/aromatic N) is 1. The SMILES string of the molecule is COc1ccc2occ(CN(C)C)c(=O)c2c1. The van der Waals surface area contributed by atoms with Crippen LogP contribution in [0.4, 0.5) is 0 Å². The minimum atomic E-state index is -0.00106. The van der Waals surface area contributed by atoms with Crippen LogP contribution in [0.1, 0.15) is 5.56 Å². The number of benzene rings is 1. The van der Waals surface area contributed by atoms with Gasteiger partial charge in [0.1, 0.15) is 11.3 Å². The van der Waals surface area contributed by atoms with Gasteiger partial charge in [-0.15, -0.1) is 0 Å². The van der Waals surface area contributed by atoms with Gasteiger partial charge in [0.15, 0.2) is 5.43 Å². The molecule has 0 spiro atoms. The van der Waals surface area contributed by atoms with Gasteiger partial charge in [-0.1, -0.05) is 0 Å². The molecule has 17 heavy (non-hydrogen) atoms. The van der Waals surface area contributed by atoms with Crippen LogP contribution in [-0.4, -0.2) is 26.1 Å². The summed E-state index contributed by atoms with van der Waals surface area (Å²) in [4.78, 5) is 14.1.